The van der Waals surface area contributed by atoms with Gasteiger partial charge in [0.25, 0.3) is 0 Å². The summed E-state index contributed by atoms with van der Waals surface area (Å²) in [7, 11) is 3.37. The summed E-state index contributed by atoms with van der Waals surface area (Å²) in [6, 6.07) is 0. The number of carbonyl (C=O) groups excluding carboxylic acids is 1. The molecule has 0 aromatic carbocycles. The summed E-state index contributed by atoms with van der Waals surface area (Å²) in [4.78, 5) is 12.3. The van der Waals surface area contributed by atoms with Crippen molar-refractivity contribution in [3.63, 3.8) is 0 Å². The molecular formula is C15H20O3. The maximum absolute atomic E-state index is 12.3. The summed E-state index contributed by atoms with van der Waals surface area (Å²) >= 11 is 0. The highest BCUT2D eigenvalue weighted by atomic mass is 16.5. The van der Waals surface area contributed by atoms with Crippen molar-refractivity contribution in [2.24, 2.45) is 5.92 Å². The minimum Gasteiger partial charge on any atom is -0.501 e. The van der Waals surface area contributed by atoms with Crippen molar-refractivity contribution in [1.29, 1.82) is 0 Å². The first-order valence-electron chi connectivity index (χ1n) is 6.43. The predicted octanol–water partition coefficient (Wildman–Crippen LogP) is 2.79. The highest BCUT2D eigenvalue weighted by Crippen LogP contribution is 2.27. The first-order chi connectivity index (χ1) is 8.74. The van der Waals surface area contributed by atoms with Crippen LogP contribution in [-0.2, 0) is 14.3 Å². The number of hydrogen-bond donors (Lipinski definition) is 0. The van der Waals surface area contributed by atoms with Gasteiger partial charge in [-0.1, -0.05) is 18.2 Å². The van der Waals surface area contributed by atoms with Crippen LogP contribution in [0, 0.1) is 5.92 Å². The Morgan fingerprint density at radius 2 is 2.00 bits per heavy atom. The molecule has 0 amide bonds. The molecule has 0 saturated carbocycles. The molecule has 0 radical (unpaired) electrons. The van der Waals surface area contributed by atoms with Crippen LogP contribution in [0.25, 0.3) is 0 Å². The molecule has 2 unspecified atom stereocenters. The van der Waals surface area contributed by atoms with Crippen molar-refractivity contribution >= 4 is 5.78 Å². The average Bonchev–Trinajstić information content (AvgIpc) is 2.47. The van der Waals surface area contributed by atoms with Gasteiger partial charge in [-0.25, -0.2) is 0 Å². The maximum atomic E-state index is 12.3. The Morgan fingerprint density at radius 3 is 2.50 bits per heavy atom. The highest BCUT2D eigenvalue weighted by Gasteiger charge is 2.24. The van der Waals surface area contributed by atoms with Crippen LogP contribution in [0.2, 0.25) is 0 Å². The molecule has 0 heterocycles. The molecule has 2 atom stereocenters. The third-order valence-corrected chi connectivity index (χ3v) is 3.65. The Bertz CT molecular complexity index is 404. The molecule has 0 spiro atoms. The van der Waals surface area contributed by atoms with E-state index in [1.807, 2.05) is 24.3 Å². The molecule has 98 valence electrons. The molecule has 3 nitrogen and oxygen atoms in total. The summed E-state index contributed by atoms with van der Waals surface area (Å²) in [6.45, 7) is 0. The first kappa shape index (κ1) is 13.1. The zero-order valence-corrected chi connectivity index (χ0v) is 11.0. The van der Waals surface area contributed by atoms with Gasteiger partial charge >= 0.3 is 0 Å². The van der Waals surface area contributed by atoms with E-state index in [1.165, 1.54) is 0 Å². The van der Waals surface area contributed by atoms with Crippen molar-refractivity contribution in [1.82, 2.24) is 0 Å². The maximum Gasteiger partial charge on any atom is 0.165 e. The fraction of sp³-hybridized carbons (Fsp3) is 0.533. The van der Waals surface area contributed by atoms with Crippen LogP contribution < -0.4 is 0 Å². The number of ketones is 1. The zero-order chi connectivity index (χ0) is 13.0. The number of methoxy groups -OCH3 is 2. The lowest BCUT2D eigenvalue weighted by Crippen LogP contribution is -2.22. The second-order valence-corrected chi connectivity index (χ2v) is 4.74. The van der Waals surface area contributed by atoms with Gasteiger partial charge in [0.05, 0.1) is 19.0 Å². The Balaban J connectivity index is 2.01. The van der Waals surface area contributed by atoms with Gasteiger partial charge in [-0.3, -0.25) is 4.79 Å². The number of carbonyl (C=O) groups is 1. The molecule has 0 aromatic heterocycles. The molecule has 3 heteroatoms. The predicted molar refractivity (Wildman–Crippen MR) is 70.1 cm³/mol. The van der Waals surface area contributed by atoms with Crippen LogP contribution in [0.5, 0.6) is 0 Å². The van der Waals surface area contributed by atoms with Crippen LogP contribution >= 0.6 is 0 Å². The molecule has 0 aromatic rings. The molecule has 0 N–H and O–H groups in total. The van der Waals surface area contributed by atoms with Crippen LogP contribution in [0.15, 0.2) is 35.6 Å². The van der Waals surface area contributed by atoms with Crippen molar-refractivity contribution < 1.29 is 14.3 Å². The van der Waals surface area contributed by atoms with Crippen LogP contribution in [0.3, 0.4) is 0 Å². The summed E-state index contributed by atoms with van der Waals surface area (Å²) in [5.74, 6) is 1.23. The second kappa shape index (κ2) is 6.01. The molecule has 2 aliphatic rings. The van der Waals surface area contributed by atoms with Gasteiger partial charge in [0.15, 0.2) is 5.78 Å². The van der Waals surface area contributed by atoms with Gasteiger partial charge in [-0.15, -0.1) is 0 Å². The van der Waals surface area contributed by atoms with Crippen LogP contribution in [0.4, 0.5) is 0 Å². The summed E-state index contributed by atoms with van der Waals surface area (Å²) in [5.41, 5.74) is 0.918. The fourth-order valence-electron chi connectivity index (χ4n) is 2.44. The Morgan fingerprint density at radius 1 is 1.17 bits per heavy atom. The number of ether oxygens (including phenoxy) is 2. The third kappa shape index (κ3) is 2.91. The SMILES string of the molecule is COC1=CC=C(C(=O)C2C=CC(OC)CC2)CC1. The fourth-order valence-corrected chi connectivity index (χ4v) is 2.44. The highest BCUT2D eigenvalue weighted by molar-refractivity contribution is 5.98. The zero-order valence-electron chi connectivity index (χ0n) is 11.0. The molecule has 2 rings (SSSR count). The summed E-state index contributed by atoms with van der Waals surface area (Å²) in [5, 5.41) is 0. The normalized spacial score (nSPS) is 27.4. The monoisotopic (exact) mass is 248 g/mol. The van der Waals surface area contributed by atoms with E-state index in [2.05, 4.69) is 0 Å². The lowest BCUT2D eigenvalue weighted by atomic mass is 9.85. The number of allylic oxidation sites excluding steroid dienone is 5. The van der Waals surface area contributed by atoms with Crippen molar-refractivity contribution in [2.75, 3.05) is 14.2 Å². The quantitative estimate of drug-likeness (QED) is 0.718. The average molecular weight is 248 g/mol. The molecule has 0 bridgehead atoms. The smallest absolute Gasteiger partial charge is 0.165 e. The van der Waals surface area contributed by atoms with E-state index in [9.17, 15) is 4.79 Å². The first-order valence-corrected chi connectivity index (χ1v) is 6.43. The van der Waals surface area contributed by atoms with Crippen molar-refractivity contribution in [3.8, 4) is 0 Å². The van der Waals surface area contributed by atoms with Gasteiger partial charge in [-0.2, -0.15) is 0 Å². The van der Waals surface area contributed by atoms with Crippen molar-refractivity contribution in [3.05, 3.63) is 35.6 Å². The molecule has 18 heavy (non-hydrogen) atoms. The Hall–Kier alpha value is -1.35. The molecule has 0 fully saturated rings. The van der Waals surface area contributed by atoms with Gasteiger partial charge in [0.2, 0.25) is 0 Å². The third-order valence-electron chi connectivity index (χ3n) is 3.65. The Kier molecular flexibility index (Phi) is 4.37. The second-order valence-electron chi connectivity index (χ2n) is 4.74. The van der Waals surface area contributed by atoms with E-state index in [-0.39, 0.29) is 17.8 Å². The van der Waals surface area contributed by atoms with E-state index in [4.69, 9.17) is 9.47 Å². The van der Waals surface area contributed by atoms with Crippen molar-refractivity contribution in [2.45, 2.75) is 31.8 Å². The number of Topliss-reactive ketones (excluding diaryl/α,β-unsaturated/α-hetero) is 1. The molecule has 0 aliphatic heterocycles. The van der Waals surface area contributed by atoms with E-state index >= 15 is 0 Å². The van der Waals surface area contributed by atoms with Crippen LogP contribution in [0.1, 0.15) is 25.7 Å². The minimum atomic E-state index is 0.0279. The van der Waals surface area contributed by atoms with Gasteiger partial charge < -0.3 is 9.47 Å². The largest absolute Gasteiger partial charge is 0.501 e. The topological polar surface area (TPSA) is 35.5 Å². The number of rotatable bonds is 4. The van der Waals surface area contributed by atoms with Gasteiger partial charge in [0, 0.05) is 19.4 Å². The van der Waals surface area contributed by atoms with Gasteiger partial charge in [-0.05, 0) is 30.9 Å². The van der Waals surface area contributed by atoms with E-state index in [1.54, 1.807) is 14.2 Å². The van der Waals surface area contributed by atoms with Crippen LogP contribution in [-0.4, -0.2) is 26.1 Å². The lowest BCUT2D eigenvalue weighted by Gasteiger charge is -2.22. The number of hydrogen-bond acceptors (Lipinski definition) is 3. The van der Waals surface area contributed by atoms with E-state index in [0.29, 0.717) is 0 Å². The van der Waals surface area contributed by atoms with E-state index in [0.717, 1.165) is 37.0 Å². The Labute approximate surface area is 108 Å². The summed E-state index contributed by atoms with van der Waals surface area (Å²) < 4.78 is 10.4. The van der Waals surface area contributed by atoms with E-state index < -0.39 is 0 Å². The minimum absolute atomic E-state index is 0.0279. The molecular weight excluding hydrogens is 228 g/mol. The summed E-state index contributed by atoms with van der Waals surface area (Å²) in [6.07, 6.45) is 11.4. The molecule has 2 aliphatic carbocycles. The molecule has 0 saturated heterocycles. The van der Waals surface area contributed by atoms with Gasteiger partial charge in [0.1, 0.15) is 0 Å². The standard InChI is InChI=1S/C15H20O3/c1-17-13-7-3-11(4-8-13)15(16)12-5-9-14(18-2)10-6-12/h3,5,7,9,11,13H,4,6,8,10H2,1-2H3. The lowest BCUT2D eigenvalue weighted by molar-refractivity contribution is -0.118.